The first-order valence-corrected chi connectivity index (χ1v) is 7.38. The van der Waals surface area contributed by atoms with Crippen LogP contribution in [0, 0.1) is 0 Å². The van der Waals surface area contributed by atoms with Gasteiger partial charge in [0, 0.05) is 38.6 Å². The molecule has 1 aliphatic rings. The van der Waals surface area contributed by atoms with Gasteiger partial charge in [0.15, 0.2) is 0 Å². The molecule has 1 amide bonds. The molecule has 0 atom stereocenters. The summed E-state index contributed by atoms with van der Waals surface area (Å²) < 4.78 is 5.37. The van der Waals surface area contributed by atoms with E-state index in [1.54, 1.807) is 17.3 Å². The number of hydrogen-bond donors (Lipinski definition) is 0. The first kappa shape index (κ1) is 16.0. The van der Waals surface area contributed by atoms with Crippen molar-refractivity contribution in [1.82, 2.24) is 19.8 Å². The van der Waals surface area contributed by atoms with Gasteiger partial charge in [0.05, 0.1) is 11.6 Å². The first-order valence-electron chi connectivity index (χ1n) is 7.00. The first-order chi connectivity index (χ1) is 9.83. The molecule has 0 bridgehead atoms. The second kappa shape index (κ2) is 6.58. The average Bonchev–Trinajstić information content (AvgIpc) is 2.40. The van der Waals surface area contributed by atoms with Gasteiger partial charge in [0.1, 0.15) is 11.4 Å². The fourth-order valence-electron chi connectivity index (χ4n) is 2.04. The second-order valence-electron chi connectivity index (χ2n) is 6.06. The number of carbonyl (C=O) groups excluding carboxylic acids is 1. The molecule has 1 aromatic rings. The van der Waals surface area contributed by atoms with Crippen LogP contribution in [0.1, 0.15) is 26.6 Å². The van der Waals surface area contributed by atoms with E-state index in [0.29, 0.717) is 24.7 Å². The van der Waals surface area contributed by atoms with E-state index < -0.39 is 5.60 Å². The fourth-order valence-corrected chi connectivity index (χ4v) is 2.13. The fraction of sp³-hybridized carbons (Fsp3) is 0.643. The van der Waals surface area contributed by atoms with Crippen molar-refractivity contribution >= 4 is 17.7 Å². The van der Waals surface area contributed by atoms with Crippen LogP contribution in [0.5, 0.6) is 0 Å². The van der Waals surface area contributed by atoms with Gasteiger partial charge in [0.2, 0.25) is 0 Å². The number of amides is 1. The molecule has 1 aromatic heterocycles. The smallest absolute Gasteiger partial charge is 0.410 e. The molecule has 0 unspecified atom stereocenters. The number of nitrogens with zero attached hydrogens (tertiary/aromatic N) is 4. The van der Waals surface area contributed by atoms with E-state index in [1.165, 1.54) is 0 Å². The number of carbonyl (C=O) groups is 1. The van der Waals surface area contributed by atoms with E-state index >= 15 is 0 Å². The summed E-state index contributed by atoms with van der Waals surface area (Å²) in [5, 5.41) is 0.536. The second-order valence-corrected chi connectivity index (χ2v) is 6.50. The topological polar surface area (TPSA) is 58.6 Å². The predicted octanol–water partition coefficient (Wildman–Crippen LogP) is 2.18. The lowest BCUT2D eigenvalue weighted by atomic mass is 10.2. The van der Waals surface area contributed by atoms with E-state index in [-0.39, 0.29) is 6.09 Å². The lowest BCUT2D eigenvalue weighted by Gasteiger charge is -2.35. The summed E-state index contributed by atoms with van der Waals surface area (Å²) in [6.07, 6.45) is 2.95. The average molecular weight is 313 g/mol. The highest BCUT2D eigenvalue weighted by molar-refractivity contribution is 6.30. The van der Waals surface area contributed by atoms with Gasteiger partial charge in [0.25, 0.3) is 0 Å². The molecule has 0 spiro atoms. The van der Waals surface area contributed by atoms with Crippen molar-refractivity contribution in [3.8, 4) is 0 Å². The highest BCUT2D eigenvalue weighted by Gasteiger charge is 2.25. The summed E-state index contributed by atoms with van der Waals surface area (Å²) in [6, 6.07) is 0. The zero-order valence-corrected chi connectivity index (χ0v) is 13.4. The highest BCUT2D eigenvalue weighted by Crippen LogP contribution is 2.13. The number of halogens is 1. The molecule has 21 heavy (non-hydrogen) atoms. The summed E-state index contributed by atoms with van der Waals surface area (Å²) in [5.41, 5.74) is -0.453. The van der Waals surface area contributed by atoms with E-state index in [2.05, 4.69) is 14.9 Å². The summed E-state index contributed by atoms with van der Waals surface area (Å²) in [4.78, 5) is 24.3. The molecule has 0 aliphatic carbocycles. The minimum Gasteiger partial charge on any atom is -0.444 e. The van der Waals surface area contributed by atoms with Gasteiger partial charge in [-0.2, -0.15) is 0 Å². The third kappa shape index (κ3) is 5.13. The third-order valence-corrected chi connectivity index (χ3v) is 3.26. The molecule has 1 fully saturated rings. The maximum Gasteiger partial charge on any atom is 0.410 e. The van der Waals surface area contributed by atoms with Crippen LogP contribution in [0.15, 0.2) is 12.4 Å². The Kier molecular flexibility index (Phi) is 5.00. The van der Waals surface area contributed by atoms with Gasteiger partial charge in [-0.05, 0) is 20.8 Å². The summed E-state index contributed by atoms with van der Waals surface area (Å²) in [7, 11) is 0. The molecule has 6 nitrogen and oxygen atoms in total. The van der Waals surface area contributed by atoms with Crippen LogP contribution in [-0.2, 0) is 11.3 Å². The maximum absolute atomic E-state index is 12.0. The molecule has 7 heteroatoms. The van der Waals surface area contributed by atoms with E-state index in [9.17, 15) is 4.79 Å². The minimum atomic E-state index is -0.453. The van der Waals surface area contributed by atoms with Crippen molar-refractivity contribution in [2.24, 2.45) is 0 Å². The van der Waals surface area contributed by atoms with Gasteiger partial charge in [-0.15, -0.1) is 0 Å². The van der Waals surface area contributed by atoms with Crippen molar-refractivity contribution in [2.45, 2.75) is 32.9 Å². The monoisotopic (exact) mass is 312 g/mol. The molecule has 1 saturated heterocycles. The quantitative estimate of drug-likeness (QED) is 0.837. The zero-order valence-electron chi connectivity index (χ0n) is 12.7. The van der Waals surface area contributed by atoms with E-state index in [0.717, 1.165) is 18.9 Å². The molecule has 0 saturated carbocycles. The van der Waals surface area contributed by atoms with Crippen molar-refractivity contribution in [2.75, 3.05) is 26.2 Å². The van der Waals surface area contributed by atoms with Gasteiger partial charge < -0.3 is 9.64 Å². The van der Waals surface area contributed by atoms with Crippen molar-refractivity contribution < 1.29 is 9.53 Å². The lowest BCUT2D eigenvalue weighted by molar-refractivity contribution is 0.0137. The van der Waals surface area contributed by atoms with E-state index in [1.807, 2.05) is 20.8 Å². The summed E-state index contributed by atoms with van der Waals surface area (Å²) in [5.74, 6) is 0.741. The number of piperazine rings is 1. The number of aromatic nitrogens is 2. The van der Waals surface area contributed by atoms with Gasteiger partial charge >= 0.3 is 6.09 Å². The Hall–Kier alpha value is -1.40. The van der Waals surface area contributed by atoms with Gasteiger partial charge in [-0.3, -0.25) is 4.90 Å². The highest BCUT2D eigenvalue weighted by atomic mass is 35.5. The Morgan fingerprint density at radius 2 is 1.81 bits per heavy atom. The number of ether oxygens (including phenoxy) is 1. The standard InChI is InChI=1S/C14H21ClN4O2/c1-14(2,3)21-13(20)19-6-4-18(5-7-19)10-12-16-8-11(15)9-17-12/h8-9H,4-7,10H2,1-3H3. The maximum atomic E-state index is 12.0. The molecule has 116 valence electrons. The molecule has 0 aromatic carbocycles. The molecular formula is C14H21ClN4O2. The van der Waals surface area contributed by atoms with Crippen LogP contribution < -0.4 is 0 Å². The van der Waals surface area contributed by atoms with Gasteiger partial charge in [-0.25, -0.2) is 14.8 Å². The Morgan fingerprint density at radius 3 is 2.33 bits per heavy atom. The Balaban J connectivity index is 1.80. The number of hydrogen-bond acceptors (Lipinski definition) is 5. The SMILES string of the molecule is CC(C)(C)OC(=O)N1CCN(Cc2ncc(Cl)cn2)CC1. The van der Waals surface area contributed by atoms with Gasteiger partial charge in [-0.1, -0.05) is 11.6 Å². The van der Waals surface area contributed by atoms with E-state index in [4.69, 9.17) is 16.3 Å². The van der Waals surface area contributed by atoms with Crippen LogP contribution in [0.4, 0.5) is 4.79 Å². The largest absolute Gasteiger partial charge is 0.444 e. The lowest BCUT2D eigenvalue weighted by Crippen LogP contribution is -2.49. The molecule has 1 aliphatic heterocycles. The molecule has 0 N–H and O–H groups in total. The predicted molar refractivity (Wildman–Crippen MR) is 80.1 cm³/mol. The van der Waals surface area contributed by atoms with Crippen molar-refractivity contribution in [3.05, 3.63) is 23.2 Å². The van der Waals surface area contributed by atoms with Crippen LogP contribution in [-0.4, -0.2) is 57.6 Å². The van der Waals surface area contributed by atoms with Crippen molar-refractivity contribution in [3.63, 3.8) is 0 Å². The minimum absolute atomic E-state index is 0.245. The zero-order chi connectivity index (χ0) is 15.5. The molecule has 2 rings (SSSR count). The molecular weight excluding hydrogens is 292 g/mol. The third-order valence-electron chi connectivity index (χ3n) is 3.06. The normalized spacial score (nSPS) is 16.9. The van der Waals surface area contributed by atoms with Crippen LogP contribution in [0.25, 0.3) is 0 Å². The Morgan fingerprint density at radius 1 is 1.24 bits per heavy atom. The Bertz CT molecular complexity index is 479. The number of rotatable bonds is 2. The Labute approximate surface area is 130 Å². The molecule has 2 heterocycles. The molecule has 0 radical (unpaired) electrons. The van der Waals surface area contributed by atoms with Crippen LogP contribution in [0.2, 0.25) is 5.02 Å². The van der Waals surface area contributed by atoms with Crippen LogP contribution in [0.3, 0.4) is 0 Å². The summed E-state index contributed by atoms with van der Waals surface area (Å²) in [6.45, 7) is 9.16. The van der Waals surface area contributed by atoms with Crippen LogP contribution >= 0.6 is 11.6 Å². The summed E-state index contributed by atoms with van der Waals surface area (Å²) >= 11 is 5.76. The van der Waals surface area contributed by atoms with Crippen molar-refractivity contribution in [1.29, 1.82) is 0 Å².